The minimum Gasteiger partial charge on any atom is -0.496 e. The number of halogens is 4. The van der Waals surface area contributed by atoms with Crippen LogP contribution in [-0.2, 0) is 16.4 Å². The van der Waals surface area contributed by atoms with Crippen molar-refractivity contribution in [2.24, 2.45) is 0 Å². The van der Waals surface area contributed by atoms with E-state index >= 15 is 0 Å². The summed E-state index contributed by atoms with van der Waals surface area (Å²) >= 11 is 0. The van der Waals surface area contributed by atoms with Gasteiger partial charge in [0.1, 0.15) is 11.6 Å². The number of carbonyl (C=O) groups excluding carboxylic acids is 1. The first kappa shape index (κ1) is 19.2. The number of alkyl halides is 3. The Morgan fingerprint density at radius 1 is 1.07 bits per heavy atom. The SMILES string of the molecule is COc1ccc(NC(=O)C2(c3ccc(F)cc3)CCCC2)cc1C(F)(F)F. The van der Waals surface area contributed by atoms with Crippen LogP contribution in [0.3, 0.4) is 0 Å². The molecular formula is C20H19F4NO2. The third-order valence-corrected chi connectivity index (χ3v) is 5.05. The average Bonchev–Trinajstić information content (AvgIpc) is 3.12. The molecule has 1 saturated carbocycles. The summed E-state index contributed by atoms with van der Waals surface area (Å²) in [7, 11) is 1.16. The van der Waals surface area contributed by atoms with Crippen LogP contribution in [0.15, 0.2) is 42.5 Å². The van der Waals surface area contributed by atoms with Crippen LogP contribution in [-0.4, -0.2) is 13.0 Å². The Balaban J connectivity index is 1.92. The maximum absolute atomic E-state index is 13.3. The molecule has 2 aromatic rings. The van der Waals surface area contributed by atoms with E-state index < -0.39 is 23.0 Å². The lowest BCUT2D eigenvalue weighted by atomic mass is 9.78. The maximum Gasteiger partial charge on any atom is 0.420 e. The van der Waals surface area contributed by atoms with Gasteiger partial charge in [-0.05, 0) is 48.7 Å². The lowest BCUT2D eigenvalue weighted by Crippen LogP contribution is -2.38. The number of ether oxygens (including phenoxy) is 1. The maximum atomic E-state index is 13.3. The fraction of sp³-hybridized carbons (Fsp3) is 0.350. The molecule has 0 aliphatic heterocycles. The summed E-state index contributed by atoms with van der Waals surface area (Å²) in [5.74, 6) is -1.10. The molecule has 3 rings (SSSR count). The molecule has 1 fully saturated rings. The second kappa shape index (κ2) is 7.21. The van der Waals surface area contributed by atoms with Gasteiger partial charge in [-0.3, -0.25) is 4.79 Å². The molecule has 2 aromatic carbocycles. The number of carbonyl (C=O) groups is 1. The lowest BCUT2D eigenvalue weighted by Gasteiger charge is -2.28. The summed E-state index contributed by atoms with van der Waals surface area (Å²) in [5, 5.41) is 2.61. The van der Waals surface area contributed by atoms with Crippen molar-refractivity contribution in [2.75, 3.05) is 12.4 Å². The Morgan fingerprint density at radius 3 is 2.26 bits per heavy atom. The summed E-state index contributed by atoms with van der Waals surface area (Å²) in [6.45, 7) is 0. The van der Waals surface area contributed by atoms with E-state index in [0.717, 1.165) is 26.0 Å². The highest BCUT2D eigenvalue weighted by Gasteiger charge is 2.43. The quantitative estimate of drug-likeness (QED) is 0.730. The summed E-state index contributed by atoms with van der Waals surface area (Å²) in [6.07, 6.45) is -1.84. The normalized spacial score (nSPS) is 16.2. The highest BCUT2D eigenvalue weighted by atomic mass is 19.4. The zero-order valence-electron chi connectivity index (χ0n) is 14.7. The van der Waals surface area contributed by atoms with Gasteiger partial charge in [-0.1, -0.05) is 25.0 Å². The smallest absolute Gasteiger partial charge is 0.420 e. The van der Waals surface area contributed by atoms with Gasteiger partial charge in [0.15, 0.2) is 0 Å². The number of nitrogens with one attached hydrogen (secondary N) is 1. The molecule has 0 aromatic heterocycles. The van der Waals surface area contributed by atoms with Crippen LogP contribution in [0.25, 0.3) is 0 Å². The van der Waals surface area contributed by atoms with Crippen molar-refractivity contribution >= 4 is 11.6 Å². The minimum absolute atomic E-state index is 0.0431. The highest BCUT2D eigenvalue weighted by Crippen LogP contribution is 2.43. The first-order chi connectivity index (χ1) is 12.8. The molecule has 1 amide bonds. The van der Waals surface area contributed by atoms with Crippen molar-refractivity contribution in [1.82, 2.24) is 0 Å². The molecule has 1 N–H and O–H groups in total. The predicted molar refractivity (Wildman–Crippen MR) is 93.2 cm³/mol. The number of amides is 1. The Hall–Kier alpha value is -2.57. The topological polar surface area (TPSA) is 38.3 Å². The Morgan fingerprint density at radius 2 is 1.70 bits per heavy atom. The van der Waals surface area contributed by atoms with Crippen molar-refractivity contribution < 1.29 is 27.1 Å². The van der Waals surface area contributed by atoms with Gasteiger partial charge in [0.2, 0.25) is 5.91 Å². The average molecular weight is 381 g/mol. The van der Waals surface area contributed by atoms with E-state index in [0.29, 0.717) is 18.4 Å². The van der Waals surface area contributed by atoms with E-state index in [9.17, 15) is 22.4 Å². The molecule has 7 heteroatoms. The van der Waals surface area contributed by atoms with Crippen LogP contribution in [0.2, 0.25) is 0 Å². The number of rotatable bonds is 4. The monoisotopic (exact) mass is 381 g/mol. The van der Waals surface area contributed by atoms with Gasteiger partial charge in [-0.15, -0.1) is 0 Å². The van der Waals surface area contributed by atoms with E-state index in [1.807, 2.05) is 0 Å². The largest absolute Gasteiger partial charge is 0.496 e. The van der Waals surface area contributed by atoms with E-state index in [4.69, 9.17) is 4.74 Å². The van der Waals surface area contributed by atoms with Crippen LogP contribution in [0.1, 0.15) is 36.8 Å². The molecule has 27 heavy (non-hydrogen) atoms. The third kappa shape index (κ3) is 3.77. The van der Waals surface area contributed by atoms with E-state index in [1.165, 1.54) is 24.3 Å². The number of hydrogen-bond acceptors (Lipinski definition) is 2. The number of hydrogen-bond donors (Lipinski definition) is 1. The van der Waals surface area contributed by atoms with Crippen molar-refractivity contribution in [3.05, 3.63) is 59.4 Å². The van der Waals surface area contributed by atoms with Crippen molar-refractivity contribution in [1.29, 1.82) is 0 Å². The van der Waals surface area contributed by atoms with Gasteiger partial charge < -0.3 is 10.1 Å². The van der Waals surface area contributed by atoms with Gasteiger partial charge in [-0.2, -0.15) is 13.2 Å². The minimum atomic E-state index is -4.60. The molecule has 0 saturated heterocycles. The van der Waals surface area contributed by atoms with Gasteiger partial charge in [-0.25, -0.2) is 4.39 Å². The Kier molecular flexibility index (Phi) is 5.13. The predicted octanol–water partition coefficient (Wildman–Crippen LogP) is 5.30. The number of methoxy groups -OCH3 is 1. The lowest BCUT2D eigenvalue weighted by molar-refractivity contribution is -0.138. The van der Waals surface area contributed by atoms with Crippen molar-refractivity contribution in [3.8, 4) is 5.75 Å². The molecule has 0 atom stereocenters. The summed E-state index contributed by atoms with van der Waals surface area (Å²) in [5.41, 5.74) is -1.11. The molecule has 1 aliphatic rings. The second-order valence-corrected chi connectivity index (χ2v) is 6.66. The molecule has 0 radical (unpaired) electrons. The molecule has 1 aliphatic carbocycles. The van der Waals surface area contributed by atoms with Crippen LogP contribution < -0.4 is 10.1 Å². The summed E-state index contributed by atoms with van der Waals surface area (Å²) < 4.78 is 57.6. The molecule has 0 spiro atoms. The molecule has 0 unspecified atom stereocenters. The Bertz CT molecular complexity index is 825. The summed E-state index contributed by atoms with van der Waals surface area (Å²) in [6, 6.07) is 9.13. The van der Waals surface area contributed by atoms with E-state index in [2.05, 4.69) is 5.32 Å². The first-order valence-corrected chi connectivity index (χ1v) is 8.59. The number of benzene rings is 2. The van der Waals surface area contributed by atoms with Crippen molar-refractivity contribution in [2.45, 2.75) is 37.3 Å². The van der Waals surface area contributed by atoms with Crippen molar-refractivity contribution in [3.63, 3.8) is 0 Å². The molecule has 144 valence electrons. The fourth-order valence-electron chi connectivity index (χ4n) is 3.65. The molecule has 3 nitrogen and oxygen atoms in total. The second-order valence-electron chi connectivity index (χ2n) is 6.66. The zero-order chi connectivity index (χ0) is 19.7. The van der Waals surface area contributed by atoms with Crippen LogP contribution in [0, 0.1) is 5.82 Å². The van der Waals surface area contributed by atoms with E-state index in [1.54, 1.807) is 12.1 Å². The standard InChI is InChI=1S/C20H19F4NO2/c1-27-17-9-8-15(12-16(17)20(22,23)24)25-18(26)19(10-2-3-11-19)13-4-6-14(21)7-5-13/h4-9,12H,2-3,10-11H2,1H3,(H,25,26). The number of anilines is 1. The van der Waals surface area contributed by atoms with Gasteiger partial charge in [0.05, 0.1) is 18.1 Å². The third-order valence-electron chi connectivity index (χ3n) is 5.05. The zero-order valence-corrected chi connectivity index (χ0v) is 14.7. The van der Waals surface area contributed by atoms with Crippen LogP contribution in [0.4, 0.5) is 23.2 Å². The van der Waals surface area contributed by atoms with Crippen LogP contribution >= 0.6 is 0 Å². The van der Waals surface area contributed by atoms with Gasteiger partial charge >= 0.3 is 6.18 Å². The summed E-state index contributed by atoms with van der Waals surface area (Å²) in [4.78, 5) is 13.0. The highest BCUT2D eigenvalue weighted by molar-refractivity contribution is 5.99. The first-order valence-electron chi connectivity index (χ1n) is 8.59. The van der Waals surface area contributed by atoms with Crippen LogP contribution in [0.5, 0.6) is 5.75 Å². The van der Waals surface area contributed by atoms with Gasteiger partial charge in [0, 0.05) is 5.69 Å². The molecule has 0 heterocycles. The molecule has 0 bridgehead atoms. The molecular weight excluding hydrogens is 362 g/mol. The fourth-order valence-corrected chi connectivity index (χ4v) is 3.65. The van der Waals surface area contributed by atoms with E-state index in [-0.39, 0.29) is 17.3 Å². The van der Waals surface area contributed by atoms with Gasteiger partial charge in [0.25, 0.3) is 0 Å². The Labute approximate surface area is 154 Å².